The lowest BCUT2D eigenvalue weighted by Gasteiger charge is -2.38. The Kier molecular flexibility index (Phi) is 6.32. The number of rotatable bonds is 6. The van der Waals surface area contributed by atoms with Crippen molar-refractivity contribution in [3.05, 3.63) is 70.5 Å². The molecule has 1 amide bonds. The van der Waals surface area contributed by atoms with Crippen LogP contribution in [0.15, 0.2) is 54.9 Å². The lowest BCUT2D eigenvalue weighted by Crippen LogP contribution is -2.52. The number of anilines is 2. The number of hydrogen-bond donors (Lipinski definition) is 1. The number of amides is 1. The Balaban J connectivity index is 1.42. The van der Waals surface area contributed by atoms with E-state index < -0.39 is 0 Å². The van der Waals surface area contributed by atoms with E-state index >= 15 is 0 Å². The van der Waals surface area contributed by atoms with Crippen LogP contribution in [0.25, 0.3) is 10.8 Å². The smallest absolute Gasteiger partial charge is 0.278 e. The number of carbonyl (C=O) groups excluding carboxylic acids is 1. The molecule has 32 heavy (non-hydrogen) atoms. The highest BCUT2D eigenvalue weighted by Gasteiger charge is 2.27. The van der Waals surface area contributed by atoms with Crippen LogP contribution in [0.5, 0.6) is 0 Å². The van der Waals surface area contributed by atoms with Crippen LogP contribution in [0.1, 0.15) is 19.4 Å². The SMILES string of the molecule is CCc1ccc(NC(=O)C(C)N2CCN(c3ccc([N+](=O)[O-])c4cnccc34)CC2)cc1. The highest BCUT2D eigenvalue weighted by atomic mass is 16.6. The minimum atomic E-state index is -0.373. The van der Waals surface area contributed by atoms with E-state index in [-0.39, 0.29) is 22.6 Å². The Labute approximate surface area is 187 Å². The predicted molar refractivity (Wildman–Crippen MR) is 126 cm³/mol. The molecule has 0 bridgehead atoms. The van der Waals surface area contributed by atoms with E-state index in [0.717, 1.165) is 49.4 Å². The van der Waals surface area contributed by atoms with Crippen LogP contribution in [-0.2, 0) is 11.2 Å². The first-order valence-corrected chi connectivity index (χ1v) is 10.9. The minimum absolute atomic E-state index is 0.0189. The fraction of sp³-hybridized carbons (Fsp3) is 0.333. The van der Waals surface area contributed by atoms with Crippen molar-refractivity contribution in [3.8, 4) is 0 Å². The van der Waals surface area contributed by atoms with Crippen LogP contribution in [0.4, 0.5) is 17.1 Å². The van der Waals surface area contributed by atoms with Gasteiger partial charge in [0.2, 0.25) is 5.91 Å². The van der Waals surface area contributed by atoms with Gasteiger partial charge in [-0.1, -0.05) is 19.1 Å². The summed E-state index contributed by atoms with van der Waals surface area (Å²) >= 11 is 0. The van der Waals surface area contributed by atoms with Crippen molar-refractivity contribution in [1.29, 1.82) is 0 Å². The Morgan fingerprint density at radius 2 is 1.81 bits per heavy atom. The van der Waals surface area contributed by atoms with Crippen molar-refractivity contribution >= 4 is 33.7 Å². The molecule has 0 saturated carbocycles. The summed E-state index contributed by atoms with van der Waals surface area (Å²) in [4.78, 5) is 32.2. The van der Waals surface area contributed by atoms with Crippen molar-refractivity contribution in [2.24, 2.45) is 0 Å². The van der Waals surface area contributed by atoms with Crippen LogP contribution >= 0.6 is 0 Å². The Bertz CT molecular complexity index is 1120. The van der Waals surface area contributed by atoms with E-state index in [4.69, 9.17) is 0 Å². The van der Waals surface area contributed by atoms with Gasteiger partial charge in [-0.3, -0.25) is 24.8 Å². The molecule has 2 heterocycles. The highest BCUT2D eigenvalue weighted by Crippen LogP contribution is 2.33. The van der Waals surface area contributed by atoms with Crippen LogP contribution in [0.3, 0.4) is 0 Å². The summed E-state index contributed by atoms with van der Waals surface area (Å²) in [5, 5.41) is 15.7. The topological polar surface area (TPSA) is 91.6 Å². The molecule has 166 valence electrons. The number of non-ortho nitro benzene ring substituents is 1. The van der Waals surface area contributed by atoms with Crippen molar-refractivity contribution in [2.75, 3.05) is 36.4 Å². The van der Waals surface area contributed by atoms with Crippen molar-refractivity contribution in [3.63, 3.8) is 0 Å². The monoisotopic (exact) mass is 433 g/mol. The second-order valence-electron chi connectivity index (χ2n) is 8.02. The molecule has 1 unspecified atom stereocenters. The average Bonchev–Trinajstić information content (AvgIpc) is 2.83. The van der Waals surface area contributed by atoms with Crippen molar-refractivity contribution < 1.29 is 9.72 Å². The number of fused-ring (bicyclic) bond motifs is 1. The molecule has 2 aromatic carbocycles. The molecule has 1 N–H and O–H groups in total. The van der Waals surface area contributed by atoms with E-state index in [1.807, 2.05) is 43.3 Å². The molecular formula is C24H27N5O3. The Hall–Kier alpha value is -3.52. The molecule has 1 aliphatic rings. The first-order valence-electron chi connectivity index (χ1n) is 10.9. The van der Waals surface area contributed by atoms with E-state index in [1.165, 1.54) is 5.56 Å². The van der Waals surface area contributed by atoms with Gasteiger partial charge >= 0.3 is 0 Å². The lowest BCUT2D eigenvalue weighted by atomic mass is 10.1. The van der Waals surface area contributed by atoms with Gasteiger partial charge in [-0.15, -0.1) is 0 Å². The number of carbonyl (C=O) groups is 1. The second kappa shape index (κ2) is 9.32. The van der Waals surface area contributed by atoms with Crippen LogP contribution in [-0.4, -0.2) is 52.9 Å². The fourth-order valence-corrected chi connectivity index (χ4v) is 4.18. The Morgan fingerprint density at radius 1 is 1.09 bits per heavy atom. The molecule has 1 atom stereocenters. The fourth-order valence-electron chi connectivity index (χ4n) is 4.18. The number of pyridine rings is 1. The maximum absolute atomic E-state index is 12.8. The standard InChI is InChI=1S/C24H27N5O3/c1-3-18-4-6-19(7-5-18)26-24(30)17(2)27-12-14-28(15-13-27)22-8-9-23(29(31)32)21-16-25-11-10-20(21)22/h4-11,16-17H,3,12-15H2,1-2H3,(H,26,30). The van der Waals surface area contributed by atoms with Crippen molar-refractivity contribution in [2.45, 2.75) is 26.3 Å². The number of hydrogen-bond acceptors (Lipinski definition) is 6. The third-order valence-electron chi connectivity index (χ3n) is 6.18. The number of aromatic nitrogens is 1. The molecule has 0 radical (unpaired) electrons. The maximum Gasteiger partial charge on any atom is 0.278 e. The van der Waals surface area contributed by atoms with Gasteiger partial charge in [0.1, 0.15) is 0 Å². The van der Waals surface area contributed by atoms with Gasteiger partial charge in [0.15, 0.2) is 0 Å². The van der Waals surface area contributed by atoms with Crippen molar-refractivity contribution in [1.82, 2.24) is 9.88 Å². The van der Waals surface area contributed by atoms with Crippen LogP contribution in [0, 0.1) is 10.1 Å². The van der Waals surface area contributed by atoms with Crippen LogP contribution in [0.2, 0.25) is 0 Å². The zero-order valence-corrected chi connectivity index (χ0v) is 18.3. The van der Waals surface area contributed by atoms with E-state index in [2.05, 4.69) is 27.0 Å². The summed E-state index contributed by atoms with van der Waals surface area (Å²) in [7, 11) is 0. The van der Waals surface area contributed by atoms with Gasteiger partial charge in [-0.05, 0) is 43.2 Å². The molecule has 1 aliphatic heterocycles. The van der Waals surface area contributed by atoms with Crippen LogP contribution < -0.4 is 10.2 Å². The van der Waals surface area contributed by atoms with E-state index in [0.29, 0.717) is 5.39 Å². The van der Waals surface area contributed by atoms with Gasteiger partial charge in [0, 0.05) is 61.4 Å². The number of piperazine rings is 1. The maximum atomic E-state index is 12.8. The third kappa shape index (κ3) is 4.40. The van der Waals surface area contributed by atoms with E-state index in [1.54, 1.807) is 18.5 Å². The Morgan fingerprint density at radius 3 is 2.47 bits per heavy atom. The molecular weight excluding hydrogens is 406 g/mol. The van der Waals surface area contributed by atoms with Gasteiger partial charge in [0.25, 0.3) is 5.69 Å². The highest BCUT2D eigenvalue weighted by molar-refractivity contribution is 5.99. The predicted octanol–water partition coefficient (Wildman–Crippen LogP) is 3.85. The van der Waals surface area contributed by atoms with Gasteiger partial charge in [-0.2, -0.15) is 0 Å². The van der Waals surface area contributed by atoms with Gasteiger partial charge in [0.05, 0.1) is 16.4 Å². The number of nitro groups is 1. The largest absolute Gasteiger partial charge is 0.368 e. The number of nitro benzene ring substituents is 1. The number of nitrogens with one attached hydrogen (secondary N) is 1. The summed E-state index contributed by atoms with van der Waals surface area (Å²) in [5.74, 6) is -0.0189. The molecule has 0 spiro atoms. The first kappa shape index (κ1) is 21.7. The molecule has 1 aromatic heterocycles. The molecule has 8 nitrogen and oxygen atoms in total. The zero-order chi connectivity index (χ0) is 22.7. The molecule has 4 rings (SSSR count). The average molecular weight is 434 g/mol. The molecule has 3 aromatic rings. The number of benzene rings is 2. The molecule has 8 heteroatoms. The van der Waals surface area contributed by atoms with E-state index in [9.17, 15) is 14.9 Å². The van der Waals surface area contributed by atoms with Gasteiger partial charge < -0.3 is 10.2 Å². The summed E-state index contributed by atoms with van der Waals surface area (Å²) in [6, 6.07) is 12.9. The second-order valence-corrected chi connectivity index (χ2v) is 8.02. The first-order chi connectivity index (χ1) is 15.5. The lowest BCUT2D eigenvalue weighted by molar-refractivity contribution is -0.383. The number of nitrogens with zero attached hydrogens (tertiary/aromatic N) is 4. The normalized spacial score (nSPS) is 15.5. The summed E-state index contributed by atoms with van der Waals surface area (Å²) in [6.07, 6.45) is 4.17. The quantitative estimate of drug-likeness (QED) is 0.469. The molecule has 1 saturated heterocycles. The summed E-state index contributed by atoms with van der Waals surface area (Å²) in [6.45, 7) is 6.96. The van der Waals surface area contributed by atoms with Gasteiger partial charge in [-0.25, -0.2) is 0 Å². The number of aryl methyl sites for hydroxylation is 1. The summed E-state index contributed by atoms with van der Waals surface area (Å²) in [5.41, 5.74) is 3.07. The summed E-state index contributed by atoms with van der Waals surface area (Å²) < 4.78 is 0. The molecule has 1 fully saturated rings. The third-order valence-corrected chi connectivity index (χ3v) is 6.18. The zero-order valence-electron chi connectivity index (χ0n) is 18.3. The minimum Gasteiger partial charge on any atom is -0.368 e. The molecule has 0 aliphatic carbocycles.